The lowest BCUT2D eigenvalue weighted by atomic mass is 9.66. The van der Waals surface area contributed by atoms with Gasteiger partial charge in [0.1, 0.15) is 0 Å². The van der Waals surface area contributed by atoms with E-state index < -0.39 is 0 Å². The lowest BCUT2D eigenvalue weighted by molar-refractivity contribution is 0.603. The van der Waals surface area contributed by atoms with E-state index in [0.717, 1.165) is 17.8 Å². The number of anilines is 3. The quantitative estimate of drug-likeness (QED) is 0.169. The molecule has 1 spiro atoms. The summed E-state index contributed by atoms with van der Waals surface area (Å²) in [7, 11) is 0. The van der Waals surface area contributed by atoms with Crippen LogP contribution in [0.3, 0.4) is 0 Å². The highest BCUT2D eigenvalue weighted by Crippen LogP contribution is 2.64. The summed E-state index contributed by atoms with van der Waals surface area (Å²) in [6, 6.07) is 72.5. The van der Waals surface area contributed by atoms with Crippen LogP contribution in [0.4, 0.5) is 17.1 Å². The van der Waals surface area contributed by atoms with Crippen LogP contribution < -0.4 is 4.90 Å². The summed E-state index contributed by atoms with van der Waals surface area (Å²) in [5.41, 5.74) is 23.3. The second kappa shape index (κ2) is 12.8. The molecule has 0 N–H and O–H groups in total. The highest BCUT2D eigenvalue weighted by Gasteiger charge is 2.53. The van der Waals surface area contributed by atoms with Crippen LogP contribution in [0.25, 0.3) is 39.0 Å². The van der Waals surface area contributed by atoms with Gasteiger partial charge in [-0.3, -0.25) is 0 Å². The Morgan fingerprint density at radius 3 is 1.50 bits per heavy atom. The van der Waals surface area contributed by atoms with Gasteiger partial charge in [0.25, 0.3) is 0 Å². The van der Waals surface area contributed by atoms with Crippen molar-refractivity contribution in [1.82, 2.24) is 0 Å². The van der Waals surface area contributed by atoms with Crippen LogP contribution in [0.2, 0.25) is 0 Å². The van der Waals surface area contributed by atoms with Gasteiger partial charge >= 0.3 is 0 Å². The minimum atomic E-state index is -0.302. The number of allylic oxidation sites excluding steroid dienone is 4. The molecule has 1 heteroatoms. The topological polar surface area (TPSA) is 3.24 Å². The lowest BCUT2D eigenvalue weighted by Gasteiger charge is -2.36. The van der Waals surface area contributed by atoms with E-state index >= 15 is 0 Å². The Morgan fingerprint density at radius 1 is 0.400 bits per heavy atom. The number of nitrogens with zero attached hydrogens (tertiary/aromatic N) is 1. The highest BCUT2D eigenvalue weighted by atomic mass is 15.1. The maximum Gasteiger partial charge on any atom is 0.0722 e. The van der Waals surface area contributed by atoms with Crippen molar-refractivity contribution in [3.05, 3.63) is 251 Å². The first kappa shape index (κ1) is 35.0. The molecule has 0 amide bonds. The third-order valence-electron chi connectivity index (χ3n) is 14.3. The number of hydrogen-bond donors (Lipinski definition) is 0. The summed E-state index contributed by atoms with van der Waals surface area (Å²) >= 11 is 0. The van der Waals surface area contributed by atoms with Gasteiger partial charge in [0.2, 0.25) is 0 Å². The second-order valence-corrected chi connectivity index (χ2v) is 17.9. The largest absolute Gasteiger partial charge is 0.310 e. The van der Waals surface area contributed by atoms with E-state index in [0.29, 0.717) is 0 Å². The van der Waals surface area contributed by atoms with E-state index in [1.54, 1.807) is 0 Å². The van der Waals surface area contributed by atoms with Gasteiger partial charge in [0.15, 0.2) is 0 Å². The molecule has 0 saturated carbocycles. The Balaban J connectivity index is 0.945. The number of rotatable bonds is 5. The zero-order chi connectivity index (χ0) is 40.2. The minimum Gasteiger partial charge on any atom is -0.310 e. The van der Waals surface area contributed by atoms with Crippen molar-refractivity contribution in [2.75, 3.05) is 4.90 Å². The molecule has 8 aromatic rings. The van der Waals surface area contributed by atoms with Gasteiger partial charge in [-0.15, -0.1) is 0 Å². The van der Waals surface area contributed by atoms with Crippen LogP contribution in [-0.2, 0) is 16.2 Å². The zero-order valence-electron chi connectivity index (χ0n) is 34.3. The Bertz CT molecular complexity index is 3040. The number of hydrogen-bond acceptors (Lipinski definition) is 1. The predicted molar refractivity (Wildman–Crippen MR) is 250 cm³/mol. The van der Waals surface area contributed by atoms with Gasteiger partial charge in [-0.05, 0) is 126 Å². The molecule has 0 aromatic heterocycles. The summed E-state index contributed by atoms with van der Waals surface area (Å²) < 4.78 is 0. The van der Waals surface area contributed by atoms with Gasteiger partial charge in [-0.25, -0.2) is 0 Å². The fraction of sp³-hybridized carbons (Fsp3) is 0.119. The first-order valence-corrected chi connectivity index (χ1v) is 21.4. The highest BCUT2D eigenvalue weighted by molar-refractivity contribution is 5.96. The number of fused-ring (bicyclic) bond motifs is 12. The van der Waals surface area contributed by atoms with Crippen LogP contribution in [0, 0.1) is 0 Å². The van der Waals surface area contributed by atoms with Crippen molar-refractivity contribution in [3.63, 3.8) is 0 Å². The molecule has 0 fully saturated rings. The fourth-order valence-corrected chi connectivity index (χ4v) is 11.4. The molecule has 60 heavy (non-hydrogen) atoms. The van der Waals surface area contributed by atoms with Gasteiger partial charge < -0.3 is 4.90 Å². The zero-order valence-corrected chi connectivity index (χ0v) is 34.3. The summed E-state index contributed by atoms with van der Waals surface area (Å²) in [5.74, 6) is 0. The van der Waals surface area contributed by atoms with Crippen molar-refractivity contribution in [2.45, 2.75) is 43.4 Å². The molecule has 286 valence electrons. The molecule has 0 radical (unpaired) electrons. The second-order valence-electron chi connectivity index (χ2n) is 17.9. The molecular weight excluding hydrogens is 723 g/mol. The Morgan fingerprint density at radius 2 is 0.867 bits per heavy atom. The SMILES string of the molecule is CC1(c2ccc(N(c3ccc(-c4ccccc4)cc3)c3ccc4c(c3)C(C)(C)c3ccccc3-4)cc2)C=CC2=C(C1)c1ccccc1C21c2ccccc2-c2ccccc21. The maximum atomic E-state index is 2.50. The first-order chi connectivity index (χ1) is 29.4. The lowest BCUT2D eigenvalue weighted by Crippen LogP contribution is -2.29. The van der Waals surface area contributed by atoms with Gasteiger partial charge in [-0.1, -0.05) is 191 Å². The molecule has 8 aromatic carbocycles. The standard InChI is InChI=1S/C59H45N/c1-57(2)51-21-11-7-17-45(51)49-34-33-44(37-56(49)57)60(42-29-25-40(26-30-42)39-15-5-4-6-16-39)43-31-27-41(28-32-43)58(3)36-35-55-50(38-58)48-20-10-14-24-54(48)59(55)52-22-12-8-18-46(52)47-19-9-13-23-53(47)59/h4-37H,38H2,1-3H3. The molecule has 4 aliphatic carbocycles. The predicted octanol–water partition coefficient (Wildman–Crippen LogP) is 15.1. The summed E-state index contributed by atoms with van der Waals surface area (Å²) in [6.45, 7) is 7.15. The van der Waals surface area contributed by atoms with Crippen LogP contribution >= 0.6 is 0 Å². The van der Waals surface area contributed by atoms with Gasteiger partial charge in [-0.2, -0.15) is 0 Å². The molecule has 0 bridgehead atoms. The molecule has 1 nitrogen and oxygen atoms in total. The van der Waals surface area contributed by atoms with Crippen molar-refractivity contribution >= 4 is 22.6 Å². The third-order valence-corrected chi connectivity index (χ3v) is 14.3. The normalized spacial score (nSPS) is 18.1. The molecule has 4 aliphatic rings. The average molecular weight is 768 g/mol. The molecule has 1 atom stereocenters. The summed E-state index contributed by atoms with van der Waals surface area (Å²) in [5, 5.41) is 0. The Hall–Kier alpha value is -6.96. The van der Waals surface area contributed by atoms with Crippen molar-refractivity contribution in [1.29, 1.82) is 0 Å². The summed E-state index contributed by atoms with van der Waals surface area (Å²) in [6.07, 6.45) is 5.92. The van der Waals surface area contributed by atoms with E-state index in [1.165, 1.54) is 89.2 Å². The van der Waals surface area contributed by atoms with Crippen LogP contribution in [0.5, 0.6) is 0 Å². The minimum absolute atomic E-state index is 0.0931. The monoisotopic (exact) mass is 767 g/mol. The molecular formula is C59H45N. The molecule has 0 aliphatic heterocycles. The maximum absolute atomic E-state index is 2.50. The van der Waals surface area contributed by atoms with E-state index in [2.05, 4.69) is 232 Å². The van der Waals surface area contributed by atoms with Gasteiger partial charge in [0, 0.05) is 27.9 Å². The Labute approximate surface area is 353 Å². The smallest absolute Gasteiger partial charge is 0.0722 e. The van der Waals surface area contributed by atoms with Crippen molar-refractivity contribution < 1.29 is 0 Å². The van der Waals surface area contributed by atoms with E-state index in [1.807, 2.05) is 0 Å². The molecule has 12 rings (SSSR count). The molecule has 0 heterocycles. The fourth-order valence-electron chi connectivity index (χ4n) is 11.4. The van der Waals surface area contributed by atoms with E-state index in [-0.39, 0.29) is 16.2 Å². The molecule has 1 unspecified atom stereocenters. The number of benzene rings is 8. The first-order valence-electron chi connectivity index (χ1n) is 21.4. The van der Waals surface area contributed by atoms with Crippen LogP contribution in [0.1, 0.15) is 66.1 Å². The average Bonchev–Trinajstić information content (AvgIpc) is 3.85. The Kier molecular flexibility index (Phi) is 7.45. The van der Waals surface area contributed by atoms with Crippen molar-refractivity contribution in [2.24, 2.45) is 0 Å². The van der Waals surface area contributed by atoms with Crippen molar-refractivity contribution in [3.8, 4) is 33.4 Å². The third kappa shape index (κ3) is 4.81. The summed E-state index contributed by atoms with van der Waals surface area (Å²) in [4.78, 5) is 2.43. The molecule has 0 saturated heterocycles. The van der Waals surface area contributed by atoms with E-state index in [9.17, 15) is 0 Å². The van der Waals surface area contributed by atoms with Crippen LogP contribution in [-0.4, -0.2) is 0 Å². The van der Waals surface area contributed by atoms with Crippen LogP contribution in [0.15, 0.2) is 212 Å². The van der Waals surface area contributed by atoms with Gasteiger partial charge in [0.05, 0.1) is 5.41 Å². The van der Waals surface area contributed by atoms with E-state index in [4.69, 9.17) is 0 Å².